The van der Waals surface area contributed by atoms with Crippen molar-refractivity contribution in [2.24, 2.45) is 0 Å². The van der Waals surface area contributed by atoms with Crippen molar-refractivity contribution in [2.75, 3.05) is 12.4 Å². The van der Waals surface area contributed by atoms with Crippen molar-refractivity contribution < 1.29 is 18.0 Å². The number of halogens is 3. The molecule has 0 spiro atoms. The van der Waals surface area contributed by atoms with Gasteiger partial charge in [0.15, 0.2) is 0 Å². The summed E-state index contributed by atoms with van der Waals surface area (Å²) >= 11 is 0. The van der Waals surface area contributed by atoms with Gasteiger partial charge >= 0.3 is 6.18 Å². The van der Waals surface area contributed by atoms with Gasteiger partial charge in [0.2, 0.25) is 0 Å². The Morgan fingerprint density at radius 1 is 1.33 bits per heavy atom. The van der Waals surface area contributed by atoms with Crippen LogP contribution in [0.2, 0.25) is 0 Å². The van der Waals surface area contributed by atoms with Crippen LogP contribution in [-0.2, 0) is 6.18 Å². The average Bonchev–Trinajstić information content (AvgIpc) is 2.43. The highest BCUT2D eigenvalue weighted by molar-refractivity contribution is 5.95. The third-order valence-electron chi connectivity index (χ3n) is 3.22. The lowest BCUT2D eigenvalue weighted by atomic mass is 10.1. The van der Waals surface area contributed by atoms with Gasteiger partial charge in [0.1, 0.15) is 0 Å². The Morgan fingerprint density at radius 2 is 2.00 bits per heavy atom. The van der Waals surface area contributed by atoms with Crippen LogP contribution in [0.5, 0.6) is 0 Å². The first-order valence-electron chi connectivity index (χ1n) is 6.99. The molecule has 21 heavy (non-hydrogen) atoms. The van der Waals surface area contributed by atoms with E-state index in [-0.39, 0.29) is 17.3 Å². The summed E-state index contributed by atoms with van der Waals surface area (Å²) in [5.41, 5.74) is -0.860. The molecule has 0 aliphatic carbocycles. The van der Waals surface area contributed by atoms with E-state index in [1.807, 2.05) is 13.8 Å². The predicted octanol–water partition coefficient (Wildman–Crippen LogP) is 4.06. The van der Waals surface area contributed by atoms with Gasteiger partial charge in [-0.1, -0.05) is 19.8 Å². The van der Waals surface area contributed by atoms with E-state index in [0.717, 1.165) is 25.3 Å². The topological polar surface area (TPSA) is 41.1 Å². The second-order valence-electron chi connectivity index (χ2n) is 5.02. The smallest absolute Gasteiger partial charge is 0.388 e. The molecule has 2 N–H and O–H groups in total. The van der Waals surface area contributed by atoms with E-state index in [1.54, 1.807) is 0 Å². The van der Waals surface area contributed by atoms with E-state index < -0.39 is 17.6 Å². The molecule has 1 aromatic rings. The maximum atomic E-state index is 12.9. The standard InChI is InChI=1S/C15H21F3N2O/c1-4-5-6-10(2)20-14(21)11-7-8-13(19-3)12(9-11)15(16,17)18/h7-10,19H,4-6H2,1-3H3,(H,20,21). The van der Waals surface area contributed by atoms with Gasteiger partial charge in [-0.3, -0.25) is 4.79 Å². The van der Waals surface area contributed by atoms with Crippen LogP contribution in [0.1, 0.15) is 49.0 Å². The molecule has 0 aliphatic heterocycles. The highest BCUT2D eigenvalue weighted by Crippen LogP contribution is 2.35. The molecule has 1 amide bonds. The number of unbranched alkanes of at least 4 members (excludes halogenated alkanes) is 1. The van der Waals surface area contributed by atoms with Crippen LogP contribution < -0.4 is 10.6 Å². The Bertz CT molecular complexity index is 486. The minimum absolute atomic E-state index is 0.0182. The molecule has 1 atom stereocenters. The molecule has 1 rings (SSSR count). The largest absolute Gasteiger partial charge is 0.418 e. The lowest BCUT2D eigenvalue weighted by molar-refractivity contribution is -0.136. The molecule has 0 aliphatic rings. The minimum Gasteiger partial charge on any atom is -0.388 e. The van der Waals surface area contributed by atoms with Gasteiger partial charge in [0.25, 0.3) is 5.91 Å². The zero-order valence-corrected chi connectivity index (χ0v) is 12.5. The number of rotatable bonds is 6. The van der Waals surface area contributed by atoms with Gasteiger partial charge in [-0.25, -0.2) is 0 Å². The highest BCUT2D eigenvalue weighted by atomic mass is 19.4. The fourth-order valence-electron chi connectivity index (χ4n) is 2.03. The summed E-state index contributed by atoms with van der Waals surface area (Å²) in [6.45, 7) is 3.89. The molecule has 1 unspecified atom stereocenters. The Labute approximate surface area is 122 Å². The number of carbonyl (C=O) groups excluding carboxylic acids is 1. The first-order valence-corrected chi connectivity index (χ1v) is 6.99. The summed E-state index contributed by atoms with van der Waals surface area (Å²) in [5, 5.41) is 5.21. The first-order chi connectivity index (χ1) is 9.79. The van der Waals surface area contributed by atoms with Gasteiger partial charge in [0.05, 0.1) is 5.56 Å². The van der Waals surface area contributed by atoms with Crippen LogP contribution in [0.3, 0.4) is 0 Å². The minimum atomic E-state index is -4.50. The predicted molar refractivity (Wildman–Crippen MR) is 77.4 cm³/mol. The molecule has 3 nitrogen and oxygen atoms in total. The third kappa shape index (κ3) is 4.95. The fraction of sp³-hybridized carbons (Fsp3) is 0.533. The maximum Gasteiger partial charge on any atom is 0.418 e. The van der Waals surface area contributed by atoms with Crippen LogP contribution in [0.15, 0.2) is 18.2 Å². The van der Waals surface area contributed by atoms with Gasteiger partial charge < -0.3 is 10.6 Å². The van der Waals surface area contributed by atoms with Crippen molar-refractivity contribution >= 4 is 11.6 Å². The summed E-state index contributed by atoms with van der Waals surface area (Å²) < 4.78 is 38.8. The first kappa shape index (κ1) is 17.3. The van der Waals surface area contributed by atoms with Gasteiger partial charge in [-0.05, 0) is 31.5 Å². The Hall–Kier alpha value is -1.72. The van der Waals surface area contributed by atoms with Crippen molar-refractivity contribution in [1.82, 2.24) is 5.32 Å². The van der Waals surface area contributed by atoms with E-state index in [4.69, 9.17) is 0 Å². The molecule has 1 aromatic carbocycles. The lowest BCUT2D eigenvalue weighted by Gasteiger charge is -2.16. The van der Waals surface area contributed by atoms with Crippen LogP contribution in [0.25, 0.3) is 0 Å². The van der Waals surface area contributed by atoms with E-state index in [9.17, 15) is 18.0 Å². The summed E-state index contributed by atoms with van der Waals surface area (Å²) in [7, 11) is 1.41. The molecule has 0 heterocycles. The number of nitrogens with one attached hydrogen (secondary N) is 2. The Balaban J connectivity index is 2.91. The molecule has 0 aromatic heterocycles. The van der Waals surface area contributed by atoms with Crippen molar-refractivity contribution in [3.05, 3.63) is 29.3 Å². The van der Waals surface area contributed by atoms with Gasteiger partial charge in [0, 0.05) is 24.3 Å². The van der Waals surface area contributed by atoms with Gasteiger partial charge in [-0.15, -0.1) is 0 Å². The van der Waals surface area contributed by atoms with Crippen molar-refractivity contribution in [3.63, 3.8) is 0 Å². The average molecular weight is 302 g/mol. The summed E-state index contributed by atoms with van der Waals surface area (Å²) in [6, 6.07) is 3.49. The quantitative estimate of drug-likeness (QED) is 0.832. The summed E-state index contributed by atoms with van der Waals surface area (Å²) in [5.74, 6) is -0.480. The number of amides is 1. The number of anilines is 1. The van der Waals surface area contributed by atoms with Crippen molar-refractivity contribution in [3.8, 4) is 0 Å². The van der Waals surface area contributed by atoms with Crippen molar-refractivity contribution in [2.45, 2.75) is 45.3 Å². The molecular weight excluding hydrogens is 281 g/mol. The lowest BCUT2D eigenvalue weighted by Crippen LogP contribution is -2.32. The van der Waals surface area contributed by atoms with Gasteiger partial charge in [-0.2, -0.15) is 13.2 Å². The van der Waals surface area contributed by atoms with Crippen LogP contribution in [0, 0.1) is 0 Å². The second-order valence-corrected chi connectivity index (χ2v) is 5.02. The summed E-state index contributed by atoms with van der Waals surface area (Å²) in [4.78, 5) is 12.0. The molecule has 118 valence electrons. The molecule has 0 radical (unpaired) electrons. The monoisotopic (exact) mass is 302 g/mol. The number of alkyl halides is 3. The molecule has 0 saturated carbocycles. The normalized spacial score (nSPS) is 12.9. The SMILES string of the molecule is CCCCC(C)NC(=O)c1ccc(NC)c(C(F)(F)F)c1. The van der Waals surface area contributed by atoms with E-state index in [2.05, 4.69) is 10.6 Å². The second kappa shape index (κ2) is 7.33. The highest BCUT2D eigenvalue weighted by Gasteiger charge is 2.34. The fourth-order valence-corrected chi connectivity index (χ4v) is 2.03. The third-order valence-corrected chi connectivity index (χ3v) is 3.22. The zero-order valence-electron chi connectivity index (χ0n) is 12.5. The molecule has 6 heteroatoms. The number of hydrogen-bond donors (Lipinski definition) is 2. The van der Waals surface area contributed by atoms with Crippen molar-refractivity contribution in [1.29, 1.82) is 0 Å². The molecule has 0 saturated heterocycles. The maximum absolute atomic E-state index is 12.9. The van der Waals surface area contributed by atoms with Crippen LogP contribution in [-0.4, -0.2) is 19.0 Å². The number of hydrogen-bond acceptors (Lipinski definition) is 2. The molecule has 0 fully saturated rings. The van der Waals surface area contributed by atoms with Crippen LogP contribution >= 0.6 is 0 Å². The number of benzene rings is 1. The molecular formula is C15H21F3N2O. The Kier molecular flexibility index (Phi) is 6.05. The van der Waals surface area contributed by atoms with Crippen LogP contribution in [0.4, 0.5) is 18.9 Å². The number of carbonyl (C=O) groups is 1. The van der Waals surface area contributed by atoms with E-state index >= 15 is 0 Å². The zero-order chi connectivity index (χ0) is 16.0. The summed E-state index contributed by atoms with van der Waals surface area (Å²) in [6.07, 6.45) is -1.71. The molecule has 0 bridgehead atoms. The van der Waals surface area contributed by atoms with E-state index in [0.29, 0.717) is 0 Å². The van der Waals surface area contributed by atoms with E-state index in [1.165, 1.54) is 19.2 Å². The Morgan fingerprint density at radius 3 is 2.52 bits per heavy atom.